The molecule has 0 aliphatic carbocycles. The molecule has 1 aromatic heterocycles. The van der Waals surface area contributed by atoms with Crippen LogP contribution in [-0.2, 0) is 6.61 Å². The van der Waals surface area contributed by atoms with Crippen LogP contribution in [0.15, 0.2) is 41.2 Å². The van der Waals surface area contributed by atoms with Gasteiger partial charge in [0.1, 0.15) is 17.6 Å². The zero-order chi connectivity index (χ0) is 12.3. The molecule has 2 N–H and O–H groups in total. The fourth-order valence-electron chi connectivity index (χ4n) is 1.30. The van der Waals surface area contributed by atoms with Gasteiger partial charge in [-0.05, 0) is 5.56 Å². The third-order valence-electron chi connectivity index (χ3n) is 2.08. The molecule has 0 atom stereocenters. The van der Waals surface area contributed by atoms with Crippen LogP contribution in [0.5, 0.6) is 0 Å². The zero-order valence-corrected chi connectivity index (χ0v) is 9.59. The number of hydrogen-bond donors (Lipinski definition) is 1. The molecule has 0 unspecified atom stereocenters. The van der Waals surface area contributed by atoms with E-state index in [1.54, 1.807) is 0 Å². The van der Waals surface area contributed by atoms with Crippen molar-refractivity contribution in [2.45, 2.75) is 6.61 Å². The Morgan fingerprint density at radius 3 is 2.71 bits per heavy atom. The summed E-state index contributed by atoms with van der Waals surface area (Å²) in [6.45, 7) is 0.230. The maximum Gasteiger partial charge on any atom is 0.383 e. The van der Waals surface area contributed by atoms with Gasteiger partial charge in [0.2, 0.25) is 0 Å². The number of nitrogens with zero attached hydrogens (tertiary/aromatic N) is 2. The summed E-state index contributed by atoms with van der Waals surface area (Å²) in [6, 6.07) is 10.8. The van der Waals surface area contributed by atoms with Crippen LogP contribution in [0.4, 0.5) is 5.82 Å². The highest BCUT2D eigenvalue weighted by Crippen LogP contribution is 2.06. The van der Waals surface area contributed by atoms with E-state index in [2.05, 4.69) is 4.98 Å². The minimum atomic E-state index is -0.633. The van der Waals surface area contributed by atoms with E-state index in [4.69, 9.17) is 22.2 Å². The summed E-state index contributed by atoms with van der Waals surface area (Å²) in [5, 5.41) is 0.0482. The Kier molecular flexibility index (Phi) is 3.30. The number of nitrogen functional groups attached to an aromatic ring is 1. The van der Waals surface area contributed by atoms with E-state index in [9.17, 15) is 4.79 Å². The lowest BCUT2D eigenvalue weighted by Gasteiger charge is -2.10. The lowest BCUT2D eigenvalue weighted by atomic mass is 10.2. The molecule has 1 heterocycles. The van der Waals surface area contributed by atoms with E-state index in [1.807, 2.05) is 30.3 Å². The van der Waals surface area contributed by atoms with E-state index in [-0.39, 0.29) is 17.6 Å². The fourth-order valence-corrected chi connectivity index (χ4v) is 1.49. The van der Waals surface area contributed by atoms with Gasteiger partial charge in [0.25, 0.3) is 0 Å². The summed E-state index contributed by atoms with van der Waals surface area (Å²) in [7, 11) is 0. The third-order valence-corrected chi connectivity index (χ3v) is 2.27. The highest BCUT2D eigenvalue weighted by molar-refractivity contribution is 6.29. The van der Waals surface area contributed by atoms with E-state index in [0.29, 0.717) is 0 Å². The highest BCUT2D eigenvalue weighted by atomic mass is 35.5. The average molecular weight is 252 g/mol. The Morgan fingerprint density at radius 1 is 1.35 bits per heavy atom. The number of nitrogens with two attached hydrogens (primary N) is 1. The number of hydrogen-bond acceptors (Lipinski definition) is 4. The molecule has 0 saturated heterocycles. The summed E-state index contributed by atoms with van der Waals surface area (Å²) in [6.07, 6.45) is 0. The molecule has 5 nitrogen and oxygen atoms in total. The summed E-state index contributed by atoms with van der Waals surface area (Å²) in [5.41, 5.74) is 5.89. The van der Waals surface area contributed by atoms with Crippen molar-refractivity contribution in [2.75, 3.05) is 5.73 Å². The first-order valence-corrected chi connectivity index (χ1v) is 5.27. The third kappa shape index (κ3) is 2.76. The van der Waals surface area contributed by atoms with Gasteiger partial charge in [-0.2, -0.15) is 4.98 Å². The largest absolute Gasteiger partial charge is 0.403 e. The van der Waals surface area contributed by atoms with E-state index in [1.165, 1.54) is 6.07 Å². The predicted molar refractivity (Wildman–Crippen MR) is 64.6 cm³/mol. The summed E-state index contributed by atoms with van der Waals surface area (Å²) < 4.78 is 0.916. The van der Waals surface area contributed by atoms with Crippen molar-refractivity contribution in [3.8, 4) is 0 Å². The van der Waals surface area contributed by atoms with E-state index in [0.717, 1.165) is 10.3 Å². The second kappa shape index (κ2) is 4.88. The second-order valence-corrected chi connectivity index (χ2v) is 3.73. The minimum absolute atomic E-state index is 0.0482. The Morgan fingerprint density at radius 2 is 2.06 bits per heavy atom. The van der Waals surface area contributed by atoms with Crippen molar-refractivity contribution in [3.63, 3.8) is 0 Å². The average Bonchev–Trinajstić information content (AvgIpc) is 2.29. The monoisotopic (exact) mass is 251 g/mol. The van der Waals surface area contributed by atoms with Gasteiger partial charge < -0.3 is 10.6 Å². The predicted octanol–water partition coefficient (Wildman–Crippen LogP) is 1.11. The minimum Gasteiger partial charge on any atom is -0.403 e. The molecular weight excluding hydrogens is 242 g/mol. The Balaban J connectivity index is 2.18. The van der Waals surface area contributed by atoms with E-state index >= 15 is 0 Å². The van der Waals surface area contributed by atoms with Crippen LogP contribution in [-0.4, -0.2) is 9.71 Å². The molecule has 1 aromatic carbocycles. The molecule has 17 heavy (non-hydrogen) atoms. The van der Waals surface area contributed by atoms with Gasteiger partial charge in [-0.25, -0.2) is 4.79 Å². The van der Waals surface area contributed by atoms with Crippen molar-refractivity contribution in [1.29, 1.82) is 0 Å². The summed E-state index contributed by atoms with van der Waals surface area (Å²) >= 11 is 5.58. The highest BCUT2D eigenvalue weighted by Gasteiger charge is 2.05. The number of aromatic nitrogens is 2. The Bertz CT molecular complexity index is 569. The van der Waals surface area contributed by atoms with Crippen LogP contribution >= 0.6 is 11.6 Å². The molecule has 6 heteroatoms. The molecule has 0 aliphatic rings. The fraction of sp³-hybridized carbons (Fsp3) is 0.0909. The Labute approximate surface area is 102 Å². The van der Waals surface area contributed by atoms with Crippen LogP contribution in [0.2, 0.25) is 5.15 Å². The number of anilines is 1. The lowest BCUT2D eigenvalue weighted by molar-refractivity contribution is 0.0909. The molecule has 0 spiro atoms. The van der Waals surface area contributed by atoms with Gasteiger partial charge in [0.15, 0.2) is 0 Å². The molecule has 0 bridgehead atoms. The van der Waals surface area contributed by atoms with Gasteiger partial charge in [-0.3, -0.25) is 0 Å². The van der Waals surface area contributed by atoms with Crippen LogP contribution in [0.3, 0.4) is 0 Å². The second-order valence-electron chi connectivity index (χ2n) is 3.34. The molecule has 0 aliphatic heterocycles. The van der Waals surface area contributed by atoms with Crippen molar-refractivity contribution < 1.29 is 4.84 Å². The standard InChI is InChI=1S/C11H10ClN3O2/c12-9-6-10(13)15(11(16)14-9)17-7-8-4-2-1-3-5-8/h1-6H,7,13H2. The van der Waals surface area contributed by atoms with Crippen molar-refractivity contribution in [1.82, 2.24) is 9.71 Å². The van der Waals surface area contributed by atoms with Gasteiger partial charge in [-0.15, -0.1) is 4.73 Å². The van der Waals surface area contributed by atoms with Crippen molar-refractivity contribution >= 4 is 17.4 Å². The topological polar surface area (TPSA) is 70.1 Å². The van der Waals surface area contributed by atoms with Crippen LogP contribution in [0, 0.1) is 0 Å². The molecule has 0 radical (unpaired) electrons. The molecule has 0 saturated carbocycles. The maximum absolute atomic E-state index is 11.4. The first-order chi connectivity index (χ1) is 8.16. The molecule has 88 valence electrons. The van der Waals surface area contributed by atoms with E-state index < -0.39 is 5.69 Å². The smallest absolute Gasteiger partial charge is 0.383 e. The maximum atomic E-state index is 11.4. The van der Waals surface area contributed by atoms with Gasteiger partial charge in [0.05, 0.1) is 0 Å². The van der Waals surface area contributed by atoms with Gasteiger partial charge >= 0.3 is 5.69 Å². The summed E-state index contributed by atoms with van der Waals surface area (Å²) in [5.74, 6) is 0.117. The first-order valence-electron chi connectivity index (χ1n) is 4.89. The molecule has 2 aromatic rings. The number of halogens is 1. The van der Waals surface area contributed by atoms with Crippen molar-refractivity contribution in [2.24, 2.45) is 0 Å². The lowest BCUT2D eigenvalue weighted by Crippen LogP contribution is -2.30. The Hall–Kier alpha value is -2.01. The molecular formula is C11H10ClN3O2. The molecule has 0 fully saturated rings. The van der Waals surface area contributed by atoms with Crippen LogP contribution < -0.4 is 16.3 Å². The van der Waals surface area contributed by atoms with Crippen LogP contribution in [0.1, 0.15) is 5.56 Å². The molecule has 0 amide bonds. The van der Waals surface area contributed by atoms with Crippen LogP contribution in [0.25, 0.3) is 0 Å². The molecule has 2 rings (SSSR count). The first kappa shape index (κ1) is 11.5. The number of benzene rings is 1. The van der Waals surface area contributed by atoms with Gasteiger partial charge in [-0.1, -0.05) is 41.9 Å². The number of rotatable bonds is 3. The van der Waals surface area contributed by atoms with Gasteiger partial charge in [0, 0.05) is 6.07 Å². The SMILES string of the molecule is Nc1cc(Cl)nc(=O)n1OCc1ccccc1. The summed E-state index contributed by atoms with van der Waals surface area (Å²) in [4.78, 5) is 20.2. The zero-order valence-electron chi connectivity index (χ0n) is 8.84. The normalized spacial score (nSPS) is 10.2. The van der Waals surface area contributed by atoms with Crippen molar-refractivity contribution in [3.05, 3.63) is 57.6 Å². The quantitative estimate of drug-likeness (QED) is 0.830.